The van der Waals surface area contributed by atoms with Crippen molar-refractivity contribution in [2.24, 2.45) is 0 Å². The summed E-state index contributed by atoms with van der Waals surface area (Å²) in [4.78, 5) is 39.4. The Morgan fingerprint density at radius 1 is 0.931 bits per heavy atom. The Morgan fingerprint density at radius 2 is 1.52 bits per heavy atom. The summed E-state index contributed by atoms with van der Waals surface area (Å²) >= 11 is 0. The SMILES string of the molecule is CCN(Cc1ccc(C(=O)N(C)C)cc1)C(=O)CNC(=O)c1cc(F)cc(F)c1. The predicted molar refractivity (Wildman–Crippen MR) is 104 cm³/mol. The molecule has 1 N–H and O–H groups in total. The summed E-state index contributed by atoms with van der Waals surface area (Å²) in [6.07, 6.45) is 0. The van der Waals surface area contributed by atoms with Crippen molar-refractivity contribution in [3.63, 3.8) is 0 Å². The third-order valence-electron chi connectivity index (χ3n) is 4.24. The van der Waals surface area contributed by atoms with Crippen molar-refractivity contribution in [1.82, 2.24) is 15.1 Å². The van der Waals surface area contributed by atoms with E-state index in [2.05, 4.69) is 5.32 Å². The Hall–Kier alpha value is -3.29. The summed E-state index contributed by atoms with van der Waals surface area (Å²) < 4.78 is 26.4. The van der Waals surface area contributed by atoms with E-state index in [0.29, 0.717) is 24.7 Å². The summed E-state index contributed by atoms with van der Waals surface area (Å²) in [6, 6.07) is 9.38. The Bertz CT molecular complexity index is 878. The number of nitrogens with one attached hydrogen (secondary N) is 1. The molecule has 2 aromatic rings. The van der Waals surface area contributed by atoms with Crippen LogP contribution in [-0.2, 0) is 11.3 Å². The maximum atomic E-state index is 13.2. The fourth-order valence-electron chi connectivity index (χ4n) is 2.66. The van der Waals surface area contributed by atoms with Crippen LogP contribution in [0.1, 0.15) is 33.2 Å². The third kappa shape index (κ3) is 6.10. The van der Waals surface area contributed by atoms with Crippen molar-refractivity contribution in [2.45, 2.75) is 13.5 Å². The van der Waals surface area contributed by atoms with Crippen LogP contribution in [0.15, 0.2) is 42.5 Å². The lowest BCUT2D eigenvalue weighted by molar-refractivity contribution is -0.130. The zero-order valence-electron chi connectivity index (χ0n) is 16.5. The van der Waals surface area contributed by atoms with Crippen LogP contribution in [0.4, 0.5) is 8.78 Å². The largest absolute Gasteiger partial charge is 0.345 e. The lowest BCUT2D eigenvalue weighted by Gasteiger charge is -2.21. The molecule has 154 valence electrons. The van der Waals surface area contributed by atoms with E-state index in [4.69, 9.17) is 0 Å². The van der Waals surface area contributed by atoms with Crippen molar-refractivity contribution in [1.29, 1.82) is 0 Å². The third-order valence-corrected chi connectivity index (χ3v) is 4.24. The number of rotatable bonds is 7. The van der Waals surface area contributed by atoms with E-state index in [9.17, 15) is 23.2 Å². The molecule has 0 aliphatic rings. The van der Waals surface area contributed by atoms with Gasteiger partial charge in [-0.3, -0.25) is 14.4 Å². The van der Waals surface area contributed by atoms with Crippen molar-refractivity contribution < 1.29 is 23.2 Å². The van der Waals surface area contributed by atoms with Gasteiger partial charge in [-0.1, -0.05) is 12.1 Å². The molecule has 0 aliphatic carbocycles. The fraction of sp³-hybridized carbons (Fsp3) is 0.286. The van der Waals surface area contributed by atoms with E-state index in [-0.39, 0.29) is 23.9 Å². The first-order valence-electron chi connectivity index (χ1n) is 9.04. The second-order valence-corrected chi connectivity index (χ2v) is 6.65. The molecule has 0 fully saturated rings. The lowest BCUT2D eigenvalue weighted by atomic mass is 10.1. The highest BCUT2D eigenvalue weighted by molar-refractivity contribution is 5.96. The van der Waals surface area contributed by atoms with Crippen molar-refractivity contribution in [2.75, 3.05) is 27.2 Å². The van der Waals surface area contributed by atoms with E-state index < -0.39 is 17.5 Å². The van der Waals surface area contributed by atoms with Gasteiger partial charge in [0.1, 0.15) is 11.6 Å². The smallest absolute Gasteiger partial charge is 0.253 e. The monoisotopic (exact) mass is 403 g/mol. The number of hydrogen-bond donors (Lipinski definition) is 1. The van der Waals surface area contributed by atoms with Crippen LogP contribution in [0.25, 0.3) is 0 Å². The summed E-state index contributed by atoms with van der Waals surface area (Å²) in [6.45, 7) is 2.20. The normalized spacial score (nSPS) is 10.4. The lowest BCUT2D eigenvalue weighted by Crippen LogP contribution is -2.39. The molecule has 0 atom stereocenters. The standard InChI is InChI=1S/C21H23F2N3O3/c1-4-26(13-14-5-7-15(8-6-14)21(29)25(2)3)19(27)12-24-20(28)16-9-17(22)11-18(23)10-16/h5-11H,4,12-13H2,1-3H3,(H,24,28). The van der Waals surface area contributed by atoms with Gasteiger partial charge < -0.3 is 15.1 Å². The van der Waals surface area contributed by atoms with Crippen LogP contribution in [0.5, 0.6) is 0 Å². The number of likely N-dealkylation sites (N-methyl/N-ethyl adjacent to an activating group) is 1. The molecule has 0 unspecified atom stereocenters. The number of carbonyl (C=O) groups is 3. The summed E-state index contributed by atoms with van der Waals surface area (Å²) in [7, 11) is 3.33. The van der Waals surface area contributed by atoms with Crippen LogP contribution in [0, 0.1) is 11.6 Å². The number of benzene rings is 2. The van der Waals surface area contributed by atoms with Crippen LogP contribution >= 0.6 is 0 Å². The number of amides is 3. The Labute approximate surface area is 168 Å². The molecule has 29 heavy (non-hydrogen) atoms. The molecule has 0 radical (unpaired) electrons. The molecule has 0 aromatic heterocycles. The molecule has 0 bridgehead atoms. The molecule has 0 spiro atoms. The van der Waals surface area contributed by atoms with Crippen molar-refractivity contribution >= 4 is 17.7 Å². The first-order chi connectivity index (χ1) is 13.7. The molecule has 0 aliphatic heterocycles. The number of carbonyl (C=O) groups excluding carboxylic acids is 3. The van der Waals surface area contributed by atoms with E-state index in [1.807, 2.05) is 0 Å². The van der Waals surface area contributed by atoms with Gasteiger partial charge in [-0.25, -0.2) is 8.78 Å². The topological polar surface area (TPSA) is 69.7 Å². The zero-order valence-corrected chi connectivity index (χ0v) is 16.5. The second kappa shape index (κ2) is 9.77. The number of hydrogen-bond acceptors (Lipinski definition) is 3. The first-order valence-corrected chi connectivity index (χ1v) is 9.04. The molecule has 6 nitrogen and oxygen atoms in total. The summed E-state index contributed by atoms with van der Waals surface area (Å²) in [5, 5.41) is 2.38. The van der Waals surface area contributed by atoms with Gasteiger partial charge in [-0.05, 0) is 36.8 Å². The van der Waals surface area contributed by atoms with Gasteiger partial charge in [-0.2, -0.15) is 0 Å². The molecule has 0 heterocycles. The van der Waals surface area contributed by atoms with Crippen molar-refractivity contribution in [3.05, 3.63) is 70.8 Å². The number of nitrogens with zero attached hydrogens (tertiary/aromatic N) is 2. The van der Waals surface area contributed by atoms with Gasteiger partial charge in [0.05, 0.1) is 6.54 Å². The molecular formula is C21H23F2N3O3. The van der Waals surface area contributed by atoms with Crippen LogP contribution in [0.3, 0.4) is 0 Å². The number of halogens is 2. The van der Waals surface area contributed by atoms with Gasteiger partial charge in [0.2, 0.25) is 5.91 Å². The van der Waals surface area contributed by atoms with Crippen LogP contribution < -0.4 is 5.32 Å². The van der Waals surface area contributed by atoms with E-state index in [1.165, 1.54) is 9.80 Å². The quantitative estimate of drug-likeness (QED) is 0.772. The summed E-state index contributed by atoms with van der Waals surface area (Å²) in [5.74, 6) is -2.93. The second-order valence-electron chi connectivity index (χ2n) is 6.65. The first kappa shape index (κ1) is 22.0. The minimum atomic E-state index is -0.868. The molecule has 3 amide bonds. The van der Waals surface area contributed by atoms with E-state index >= 15 is 0 Å². The highest BCUT2D eigenvalue weighted by Gasteiger charge is 2.16. The minimum Gasteiger partial charge on any atom is -0.345 e. The maximum Gasteiger partial charge on any atom is 0.253 e. The van der Waals surface area contributed by atoms with Crippen LogP contribution in [-0.4, -0.2) is 54.7 Å². The maximum absolute atomic E-state index is 13.2. The summed E-state index contributed by atoms with van der Waals surface area (Å²) in [5.41, 5.74) is 1.18. The van der Waals surface area contributed by atoms with E-state index in [1.54, 1.807) is 45.3 Å². The average Bonchev–Trinajstić information content (AvgIpc) is 2.69. The average molecular weight is 403 g/mol. The van der Waals surface area contributed by atoms with Crippen molar-refractivity contribution in [3.8, 4) is 0 Å². The highest BCUT2D eigenvalue weighted by atomic mass is 19.1. The molecule has 0 saturated heterocycles. The zero-order chi connectivity index (χ0) is 21.6. The Morgan fingerprint density at radius 3 is 2.03 bits per heavy atom. The molecule has 8 heteroatoms. The highest BCUT2D eigenvalue weighted by Crippen LogP contribution is 2.10. The Balaban J connectivity index is 1.96. The predicted octanol–water partition coefficient (Wildman–Crippen LogP) is 2.45. The molecular weight excluding hydrogens is 380 g/mol. The molecule has 2 aromatic carbocycles. The molecule has 2 rings (SSSR count). The minimum absolute atomic E-state index is 0.114. The fourth-order valence-corrected chi connectivity index (χ4v) is 2.66. The van der Waals surface area contributed by atoms with Gasteiger partial charge >= 0.3 is 0 Å². The van der Waals surface area contributed by atoms with Gasteiger partial charge in [0, 0.05) is 44.4 Å². The van der Waals surface area contributed by atoms with Crippen LogP contribution in [0.2, 0.25) is 0 Å². The Kier molecular flexibility index (Phi) is 7.41. The van der Waals surface area contributed by atoms with Gasteiger partial charge in [0.25, 0.3) is 11.8 Å². The van der Waals surface area contributed by atoms with E-state index in [0.717, 1.165) is 17.7 Å². The van der Waals surface area contributed by atoms with Gasteiger partial charge in [0.15, 0.2) is 0 Å². The molecule has 0 saturated carbocycles. The van der Waals surface area contributed by atoms with Gasteiger partial charge in [-0.15, -0.1) is 0 Å².